The summed E-state index contributed by atoms with van der Waals surface area (Å²) in [5.41, 5.74) is -0.618. The molecule has 1 heterocycles. The molecule has 0 aliphatic heterocycles. The molecule has 1 aromatic rings. The molecule has 0 spiro atoms. The van der Waals surface area contributed by atoms with E-state index in [2.05, 4.69) is 5.32 Å². The molecule has 0 fully saturated rings. The van der Waals surface area contributed by atoms with Crippen molar-refractivity contribution in [3.05, 3.63) is 34.2 Å². The van der Waals surface area contributed by atoms with Gasteiger partial charge in [-0.05, 0) is 13.0 Å². The summed E-state index contributed by atoms with van der Waals surface area (Å²) in [5.74, 6) is 0.0479. The normalized spacial score (nSPS) is 11.3. The zero-order valence-electron chi connectivity index (χ0n) is 9.67. The molecule has 1 N–H and O–H groups in total. The van der Waals surface area contributed by atoms with Gasteiger partial charge in [-0.3, -0.25) is 9.59 Å². The van der Waals surface area contributed by atoms with Crippen molar-refractivity contribution in [3.63, 3.8) is 0 Å². The van der Waals surface area contributed by atoms with Crippen LogP contribution in [0.25, 0.3) is 0 Å². The van der Waals surface area contributed by atoms with E-state index in [0.717, 1.165) is 0 Å². The van der Waals surface area contributed by atoms with Gasteiger partial charge < -0.3 is 9.88 Å². The summed E-state index contributed by atoms with van der Waals surface area (Å²) in [7, 11) is 1.62. The van der Waals surface area contributed by atoms with Gasteiger partial charge in [-0.15, -0.1) is 23.2 Å². The molecule has 0 saturated carbocycles. The zero-order valence-corrected chi connectivity index (χ0v) is 11.2. The van der Waals surface area contributed by atoms with Crippen LogP contribution < -0.4 is 10.9 Å². The van der Waals surface area contributed by atoms with Gasteiger partial charge in [0, 0.05) is 36.6 Å². The number of rotatable bonds is 4. The molecule has 0 unspecified atom stereocenters. The van der Waals surface area contributed by atoms with E-state index < -0.39 is 5.54 Å². The highest BCUT2D eigenvalue weighted by atomic mass is 35.5. The third-order valence-corrected chi connectivity index (χ3v) is 3.55. The standard InChI is InChI=1S/C11H14Cl2N2O2/c1-11(6-12,7-13)14-10(17)8-3-4-15(2)9(16)5-8/h3-5H,6-7H2,1-2H3,(H,14,17). The quantitative estimate of drug-likeness (QED) is 0.845. The lowest BCUT2D eigenvalue weighted by Gasteiger charge is -2.25. The topological polar surface area (TPSA) is 51.1 Å². The molecule has 6 heteroatoms. The van der Waals surface area contributed by atoms with Crippen molar-refractivity contribution in [2.45, 2.75) is 12.5 Å². The molecule has 0 bridgehead atoms. The Morgan fingerprint density at radius 1 is 1.47 bits per heavy atom. The predicted octanol–water partition coefficient (Wildman–Crippen LogP) is 1.35. The van der Waals surface area contributed by atoms with Crippen LogP contribution in [-0.2, 0) is 7.05 Å². The second kappa shape index (κ2) is 5.56. The van der Waals surface area contributed by atoms with E-state index in [0.29, 0.717) is 5.56 Å². The average molecular weight is 277 g/mol. The molecule has 1 amide bonds. The summed E-state index contributed by atoms with van der Waals surface area (Å²) in [4.78, 5) is 23.2. The third kappa shape index (κ3) is 3.48. The Bertz CT molecular complexity index is 467. The van der Waals surface area contributed by atoms with Crippen molar-refractivity contribution >= 4 is 29.1 Å². The van der Waals surface area contributed by atoms with Crippen LogP contribution in [0.15, 0.2) is 23.1 Å². The summed E-state index contributed by atoms with van der Waals surface area (Å²) >= 11 is 11.5. The molecule has 17 heavy (non-hydrogen) atoms. The molecule has 1 rings (SSSR count). The van der Waals surface area contributed by atoms with E-state index in [4.69, 9.17) is 23.2 Å². The van der Waals surface area contributed by atoms with Crippen molar-refractivity contribution in [2.24, 2.45) is 7.05 Å². The number of pyridine rings is 1. The van der Waals surface area contributed by atoms with Crippen LogP contribution in [0.4, 0.5) is 0 Å². The zero-order chi connectivity index (χ0) is 13.1. The maximum absolute atomic E-state index is 11.9. The van der Waals surface area contributed by atoms with E-state index in [9.17, 15) is 9.59 Å². The molecule has 0 aliphatic rings. The number of carbonyl (C=O) groups excluding carboxylic acids is 1. The number of hydrogen-bond donors (Lipinski definition) is 1. The molecule has 1 aromatic heterocycles. The Balaban J connectivity index is 2.90. The van der Waals surface area contributed by atoms with E-state index in [1.165, 1.54) is 16.8 Å². The first-order chi connectivity index (χ1) is 7.91. The van der Waals surface area contributed by atoms with Crippen LogP contribution >= 0.6 is 23.2 Å². The second-order valence-corrected chi connectivity index (χ2v) is 4.68. The van der Waals surface area contributed by atoms with E-state index in [1.54, 1.807) is 20.0 Å². The van der Waals surface area contributed by atoms with Gasteiger partial charge in [0.2, 0.25) is 0 Å². The fourth-order valence-corrected chi connectivity index (χ4v) is 1.56. The van der Waals surface area contributed by atoms with Gasteiger partial charge in [0.25, 0.3) is 11.5 Å². The van der Waals surface area contributed by atoms with Gasteiger partial charge in [0.15, 0.2) is 0 Å². The molecule has 0 radical (unpaired) electrons. The summed E-state index contributed by atoms with van der Waals surface area (Å²) in [6, 6.07) is 2.85. The minimum Gasteiger partial charge on any atom is -0.344 e. The first-order valence-electron chi connectivity index (χ1n) is 5.03. The average Bonchev–Trinajstić information content (AvgIpc) is 2.32. The number of aryl methyl sites for hydroxylation is 1. The van der Waals surface area contributed by atoms with E-state index in [-0.39, 0.29) is 23.2 Å². The van der Waals surface area contributed by atoms with Crippen LogP contribution in [0, 0.1) is 0 Å². The number of nitrogens with one attached hydrogen (secondary N) is 1. The number of aromatic nitrogens is 1. The highest BCUT2D eigenvalue weighted by Crippen LogP contribution is 2.10. The maximum atomic E-state index is 11.9. The minimum absolute atomic E-state index is 0.201. The summed E-state index contributed by atoms with van der Waals surface area (Å²) in [6.45, 7) is 1.74. The van der Waals surface area contributed by atoms with Gasteiger partial charge in [-0.25, -0.2) is 0 Å². The van der Waals surface area contributed by atoms with Gasteiger partial charge >= 0.3 is 0 Å². The molecule has 0 aromatic carbocycles. The smallest absolute Gasteiger partial charge is 0.252 e. The third-order valence-electron chi connectivity index (χ3n) is 2.37. The predicted molar refractivity (Wildman–Crippen MR) is 69.0 cm³/mol. The second-order valence-electron chi connectivity index (χ2n) is 4.15. The monoisotopic (exact) mass is 276 g/mol. The van der Waals surface area contributed by atoms with Crippen molar-refractivity contribution in [2.75, 3.05) is 11.8 Å². The van der Waals surface area contributed by atoms with Crippen molar-refractivity contribution in [1.29, 1.82) is 0 Å². The van der Waals surface area contributed by atoms with Crippen molar-refractivity contribution in [3.8, 4) is 0 Å². The molecule has 4 nitrogen and oxygen atoms in total. The van der Waals surface area contributed by atoms with Crippen LogP contribution in [-0.4, -0.2) is 27.8 Å². The lowest BCUT2D eigenvalue weighted by molar-refractivity contribution is 0.0921. The largest absolute Gasteiger partial charge is 0.344 e. The number of amides is 1. The minimum atomic E-state index is -0.679. The molecule has 94 valence electrons. The Morgan fingerprint density at radius 3 is 2.53 bits per heavy atom. The lowest BCUT2D eigenvalue weighted by atomic mass is 10.1. The Labute approximate surface area is 110 Å². The van der Waals surface area contributed by atoms with Crippen molar-refractivity contribution in [1.82, 2.24) is 9.88 Å². The van der Waals surface area contributed by atoms with E-state index in [1.807, 2.05) is 0 Å². The lowest BCUT2D eigenvalue weighted by Crippen LogP contribution is -2.49. The highest BCUT2D eigenvalue weighted by Gasteiger charge is 2.24. The Hall–Kier alpha value is -1.00. The van der Waals surface area contributed by atoms with Crippen molar-refractivity contribution < 1.29 is 4.79 Å². The van der Waals surface area contributed by atoms with Crippen LogP contribution in [0.2, 0.25) is 0 Å². The number of hydrogen-bond acceptors (Lipinski definition) is 2. The fourth-order valence-electron chi connectivity index (χ4n) is 1.14. The first-order valence-corrected chi connectivity index (χ1v) is 6.10. The number of halogens is 2. The Kier molecular flexibility index (Phi) is 4.60. The SMILES string of the molecule is Cn1ccc(C(=O)NC(C)(CCl)CCl)cc1=O. The first kappa shape index (κ1) is 14.1. The molecular formula is C11H14Cl2N2O2. The number of alkyl halides is 2. The molecule has 0 atom stereocenters. The summed E-state index contributed by atoms with van der Waals surface area (Å²) in [6.07, 6.45) is 1.54. The number of nitrogens with zero attached hydrogens (tertiary/aromatic N) is 1. The van der Waals surface area contributed by atoms with Crippen LogP contribution in [0.3, 0.4) is 0 Å². The van der Waals surface area contributed by atoms with E-state index >= 15 is 0 Å². The van der Waals surface area contributed by atoms with Crippen LogP contribution in [0.5, 0.6) is 0 Å². The number of carbonyl (C=O) groups is 1. The van der Waals surface area contributed by atoms with Gasteiger partial charge in [-0.1, -0.05) is 0 Å². The summed E-state index contributed by atoms with van der Waals surface area (Å²) < 4.78 is 1.39. The van der Waals surface area contributed by atoms with Gasteiger partial charge in [0.1, 0.15) is 0 Å². The maximum Gasteiger partial charge on any atom is 0.252 e. The molecule has 0 aliphatic carbocycles. The van der Waals surface area contributed by atoms with Gasteiger partial charge in [-0.2, -0.15) is 0 Å². The molecule has 0 saturated heterocycles. The highest BCUT2D eigenvalue weighted by molar-refractivity contribution is 6.22. The summed E-state index contributed by atoms with van der Waals surface area (Å²) in [5, 5.41) is 2.70. The fraction of sp³-hybridized carbons (Fsp3) is 0.455. The molecular weight excluding hydrogens is 263 g/mol. The van der Waals surface area contributed by atoms with Crippen LogP contribution in [0.1, 0.15) is 17.3 Å². The van der Waals surface area contributed by atoms with Gasteiger partial charge in [0.05, 0.1) is 5.54 Å². The Morgan fingerprint density at radius 2 is 2.06 bits per heavy atom.